The molecule has 2 aliphatic carbocycles. The van der Waals surface area contributed by atoms with E-state index >= 15 is 0 Å². The van der Waals surface area contributed by atoms with Gasteiger partial charge in [0.15, 0.2) is 0 Å². The lowest BCUT2D eigenvalue weighted by molar-refractivity contribution is 0.415. The summed E-state index contributed by atoms with van der Waals surface area (Å²) in [5.41, 5.74) is 2.33. The first-order chi connectivity index (χ1) is 9.85. The summed E-state index contributed by atoms with van der Waals surface area (Å²) in [4.78, 5) is 4.84. The van der Waals surface area contributed by atoms with E-state index in [2.05, 4.69) is 16.0 Å². The van der Waals surface area contributed by atoms with Gasteiger partial charge < -0.3 is 14.6 Å². The van der Waals surface area contributed by atoms with Gasteiger partial charge >= 0.3 is 0 Å². The molecule has 1 aromatic heterocycles. The van der Waals surface area contributed by atoms with Crippen LogP contribution in [0, 0.1) is 0 Å². The Morgan fingerprint density at radius 3 is 2.85 bits per heavy atom. The molecular weight excluding hydrogens is 250 g/mol. The van der Waals surface area contributed by atoms with E-state index in [9.17, 15) is 0 Å². The number of rotatable bonds is 6. The van der Waals surface area contributed by atoms with Crippen LogP contribution in [0.3, 0.4) is 0 Å². The first-order valence-electron chi connectivity index (χ1n) is 7.63. The van der Waals surface area contributed by atoms with Crippen LogP contribution in [0.25, 0.3) is 11.0 Å². The van der Waals surface area contributed by atoms with Crippen LogP contribution in [0.15, 0.2) is 18.2 Å². The van der Waals surface area contributed by atoms with Crippen LogP contribution in [0.1, 0.15) is 37.5 Å². The highest BCUT2D eigenvalue weighted by molar-refractivity contribution is 5.78. The van der Waals surface area contributed by atoms with Crippen LogP contribution in [0.4, 0.5) is 0 Å². The van der Waals surface area contributed by atoms with E-state index in [4.69, 9.17) is 9.72 Å². The normalized spacial score (nSPS) is 18.6. The summed E-state index contributed by atoms with van der Waals surface area (Å²) in [5, 5.41) is 3.58. The maximum atomic E-state index is 5.31. The first-order valence-corrected chi connectivity index (χ1v) is 7.63. The molecule has 4 nitrogen and oxygen atoms in total. The fourth-order valence-corrected chi connectivity index (χ4v) is 2.85. The van der Waals surface area contributed by atoms with Crippen LogP contribution < -0.4 is 10.1 Å². The van der Waals surface area contributed by atoms with Gasteiger partial charge in [-0.25, -0.2) is 4.98 Å². The topological polar surface area (TPSA) is 39.1 Å². The Morgan fingerprint density at radius 2 is 2.15 bits per heavy atom. The number of nitrogens with zero attached hydrogens (tertiary/aromatic N) is 2. The molecule has 20 heavy (non-hydrogen) atoms. The molecule has 1 heterocycles. The minimum absolute atomic E-state index is 0.671. The van der Waals surface area contributed by atoms with Gasteiger partial charge in [-0.1, -0.05) is 0 Å². The number of benzene rings is 1. The minimum Gasteiger partial charge on any atom is -0.497 e. The van der Waals surface area contributed by atoms with E-state index in [0.717, 1.165) is 30.3 Å². The maximum absolute atomic E-state index is 5.31. The van der Waals surface area contributed by atoms with Gasteiger partial charge in [0.2, 0.25) is 0 Å². The monoisotopic (exact) mass is 271 g/mol. The molecule has 0 atom stereocenters. The fraction of sp³-hybridized carbons (Fsp3) is 0.562. The molecule has 0 saturated heterocycles. The highest BCUT2D eigenvalue weighted by atomic mass is 16.5. The SMILES string of the molecule is COc1ccc2c(c1)nc(CCNC1CC1)n2C1CC1. The molecule has 106 valence electrons. The molecule has 4 rings (SSSR count). The van der Waals surface area contributed by atoms with E-state index in [1.807, 2.05) is 12.1 Å². The smallest absolute Gasteiger partial charge is 0.121 e. The van der Waals surface area contributed by atoms with Crippen LogP contribution in [0.5, 0.6) is 5.75 Å². The van der Waals surface area contributed by atoms with Crippen molar-refractivity contribution in [1.82, 2.24) is 14.9 Å². The number of methoxy groups -OCH3 is 1. The van der Waals surface area contributed by atoms with Crippen molar-refractivity contribution in [2.45, 2.75) is 44.2 Å². The molecule has 2 aliphatic rings. The lowest BCUT2D eigenvalue weighted by Crippen LogP contribution is -2.20. The second kappa shape index (κ2) is 4.77. The van der Waals surface area contributed by atoms with E-state index in [1.54, 1.807) is 7.11 Å². The largest absolute Gasteiger partial charge is 0.497 e. The maximum Gasteiger partial charge on any atom is 0.121 e. The minimum atomic E-state index is 0.671. The molecule has 2 fully saturated rings. The Balaban J connectivity index is 1.64. The van der Waals surface area contributed by atoms with Crippen LogP contribution in [-0.4, -0.2) is 29.2 Å². The number of imidazole rings is 1. The molecular formula is C16H21N3O. The van der Waals surface area contributed by atoms with Crippen molar-refractivity contribution in [3.8, 4) is 5.75 Å². The average molecular weight is 271 g/mol. The summed E-state index contributed by atoms with van der Waals surface area (Å²) in [6.07, 6.45) is 6.29. The summed E-state index contributed by atoms with van der Waals surface area (Å²) >= 11 is 0. The zero-order chi connectivity index (χ0) is 13.5. The van der Waals surface area contributed by atoms with Crippen molar-refractivity contribution in [3.63, 3.8) is 0 Å². The third kappa shape index (κ3) is 2.29. The van der Waals surface area contributed by atoms with Gasteiger partial charge in [-0.3, -0.25) is 0 Å². The molecule has 0 radical (unpaired) electrons. The quantitative estimate of drug-likeness (QED) is 0.878. The van der Waals surface area contributed by atoms with E-state index in [-0.39, 0.29) is 0 Å². The summed E-state index contributed by atoms with van der Waals surface area (Å²) in [6, 6.07) is 7.68. The van der Waals surface area contributed by atoms with E-state index in [1.165, 1.54) is 37.0 Å². The summed E-state index contributed by atoms with van der Waals surface area (Å²) < 4.78 is 7.75. The Kier molecular flexibility index (Phi) is 2.91. The zero-order valence-corrected chi connectivity index (χ0v) is 11.9. The highest BCUT2D eigenvalue weighted by Gasteiger charge is 2.28. The van der Waals surface area contributed by atoms with Gasteiger partial charge in [0, 0.05) is 31.1 Å². The van der Waals surface area contributed by atoms with Gasteiger partial charge in [-0.2, -0.15) is 0 Å². The third-order valence-electron chi connectivity index (χ3n) is 4.24. The molecule has 1 aromatic carbocycles. The summed E-state index contributed by atoms with van der Waals surface area (Å²) in [5.74, 6) is 2.12. The van der Waals surface area contributed by atoms with Gasteiger partial charge in [0.1, 0.15) is 11.6 Å². The molecule has 2 aromatic rings. The predicted octanol–water partition coefficient (Wildman–Crippen LogP) is 2.67. The van der Waals surface area contributed by atoms with Gasteiger partial charge in [0.25, 0.3) is 0 Å². The Morgan fingerprint density at radius 1 is 1.30 bits per heavy atom. The van der Waals surface area contributed by atoms with Crippen molar-refractivity contribution < 1.29 is 4.74 Å². The molecule has 0 aliphatic heterocycles. The molecule has 2 saturated carbocycles. The lowest BCUT2D eigenvalue weighted by atomic mass is 10.3. The van der Waals surface area contributed by atoms with Crippen molar-refractivity contribution in [1.29, 1.82) is 0 Å². The van der Waals surface area contributed by atoms with Crippen LogP contribution in [-0.2, 0) is 6.42 Å². The third-order valence-corrected chi connectivity index (χ3v) is 4.24. The van der Waals surface area contributed by atoms with Gasteiger partial charge in [-0.05, 0) is 37.8 Å². The Bertz CT molecular complexity index is 626. The molecule has 4 heteroatoms. The van der Waals surface area contributed by atoms with Crippen molar-refractivity contribution in [2.75, 3.05) is 13.7 Å². The summed E-state index contributed by atoms with van der Waals surface area (Å²) in [7, 11) is 1.71. The number of nitrogens with one attached hydrogen (secondary N) is 1. The van der Waals surface area contributed by atoms with E-state index < -0.39 is 0 Å². The highest BCUT2D eigenvalue weighted by Crippen LogP contribution is 2.39. The van der Waals surface area contributed by atoms with Gasteiger partial charge in [-0.15, -0.1) is 0 Å². The number of hydrogen-bond acceptors (Lipinski definition) is 3. The van der Waals surface area contributed by atoms with E-state index in [0.29, 0.717) is 6.04 Å². The first kappa shape index (κ1) is 12.2. The number of fused-ring (bicyclic) bond motifs is 1. The lowest BCUT2D eigenvalue weighted by Gasteiger charge is -2.08. The predicted molar refractivity (Wildman–Crippen MR) is 79.3 cm³/mol. The number of ether oxygens (including phenoxy) is 1. The second-order valence-corrected chi connectivity index (χ2v) is 5.96. The second-order valence-electron chi connectivity index (χ2n) is 5.96. The molecule has 0 spiro atoms. The van der Waals surface area contributed by atoms with Crippen molar-refractivity contribution in [3.05, 3.63) is 24.0 Å². The van der Waals surface area contributed by atoms with Crippen molar-refractivity contribution in [2.24, 2.45) is 0 Å². The van der Waals surface area contributed by atoms with Crippen molar-refractivity contribution >= 4 is 11.0 Å². The molecule has 1 N–H and O–H groups in total. The molecule has 0 unspecified atom stereocenters. The number of aromatic nitrogens is 2. The molecule has 0 bridgehead atoms. The van der Waals surface area contributed by atoms with Crippen LogP contribution in [0.2, 0.25) is 0 Å². The molecule has 0 amide bonds. The average Bonchev–Trinajstić information content (AvgIpc) is 3.37. The Hall–Kier alpha value is -1.55. The zero-order valence-electron chi connectivity index (χ0n) is 11.9. The summed E-state index contributed by atoms with van der Waals surface area (Å²) in [6.45, 7) is 1.04. The standard InChI is InChI=1S/C16H21N3O/c1-20-13-6-7-15-14(10-13)18-16(19(15)12-4-5-12)8-9-17-11-2-3-11/h6-7,10-12,17H,2-5,8-9H2,1H3. The van der Waals surface area contributed by atoms with Gasteiger partial charge in [0.05, 0.1) is 18.1 Å². The van der Waals surface area contributed by atoms with Crippen LogP contribution >= 0.6 is 0 Å². The Labute approximate surface area is 119 Å². The number of hydrogen-bond donors (Lipinski definition) is 1. The fourth-order valence-electron chi connectivity index (χ4n) is 2.85.